The first-order valence-electron chi connectivity index (χ1n) is 9.06. The molecule has 0 heterocycles. The van der Waals surface area contributed by atoms with Gasteiger partial charge in [0.15, 0.2) is 6.61 Å². The van der Waals surface area contributed by atoms with E-state index in [2.05, 4.69) is 10.6 Å². The van der Waals surface area contributed by atoms with Crippen molar-refractivity contribution in [2.24, 2.45) is 0 Å². The summed E-state index contributed by atoms with van der Waals surface area (Å²) >= 11 is 0. The smallest absolute Gasteiger partial charge is 0.306 e. The molecule has 0 fully saturated rings. The van der Waals surface area contributed by atoms with Gasteiger partial charge in [-0.1, -0.05) is 25.1 Å². The molecule has 0 bridgehead atoms. The van der Waals surface area contributed by atoms with Crippen molar-refractivity contribution in [3.05, 3.63) is 59.9 Å². The monoisotopic (exact) mass is 386 g/mol. The number of aryl methyl sites for hydroxylation is 1. The predicted molar refractivity (Wildman–Crippen MR) is 104 cm³/mol. The zero-order valence-corrected chi connectivity index (χ0v) is 15.7. The number of para-hydroxylation sites is 1. The van der Waals surface area contributed by atoms with E-state index in [1.54, 1.807) is 0 Å². The second-order valence-electron chi connectivity index (χ2n) is 6.13. The molecule has 2 rings (SSSR count). The Kier molecular flexibility index (Phi) is 8.14. The lowest BCUT2D eigenvalue weighted by atomic mass is 10.1. The molecule has 0 atom stereocenters. The zero-order valence-electron chi connectivity index (χ0n) is 15.7. The maximum atomic E-state index is 12.8. The molecule has 0 saturated heterocycles. The van der Waals surface area contributed by atoms with Gasteiger partial charge in [-0.05, 0) is 48.7 Å². The molecular formula is C21H23FN2O4. The van der Waals surface area contributed by atoms with Gasteiger partial charge < -0.3 is 15.4 Å². The van der Waals surface area contributed by atoms with E-state index >= 15 is 0 Å². The van der Waals surface area contributed by atoms with Crippen LogP contribution in [0.3, 0.4) is 0 Å². The van der Waals surface area contributed by atoms with E-state index in [-0.39, 0.29) is 18.7 Å². The van der Waals surface area contributed by atoms with Gasteiger partial charge in [0.25, 0.3) is 5.91 Å². The topological polar surface area (TPSA) is 84.5 Å². The van der Waals surface area contributed by atoms with Gasteiger partial charge in [-0.3, -0.25) is 14.4 Å². The van der Waals surface area contributed by atoms with E-state index in [1.807, 2.05) is 31.2 Å². The first kappa shape index (κ1) is 21.1. The number of amides is 2. The van der Waals surface area contributed by atoms with Crippen molar-refractivity contribution >= 4 is 29.2 Å². The van der Waals surface area contributed by atoms with Crippen LogP contribution in [0, 0.1) is 5.82 Å². The Balaban J connectivity index is 1.64. The number of hydrogen-bond donors (Lipinski definition) is 2. The van der Waals surface area contributed by atoms with E-state index in [1.165, 1.54) is 24.3 Å². The Morgan fingerprint density at radius 3 is 2.36 bits per heavy atom. The van der Waals surface area contributed by atoms with Crippen molar-refractivity contribution in [3.8, 4) is 0 Å². The molecule has 7 heteroatoms. The lowest BCUT2D eigenvalue weighted by Gasteiger charge is -2.09. The van der Waals surface area contributed by atoms with Crippen LogP contribution in [0.5, 0.6) is 0 Å². The summed E-state index contributed by atoms with van der Waals surface area (Å²) in [4.78, 5) is 35.4. The van der Waals surface area contributed by atoms with Crippen molar-refractivity contribution in [1.82, 2.24) is 0 Å². The molecule has 0 aliphatic carbocycles. The molecule has 2 aromatic carbocycles. The van der Waals surface area contributed by atoms with Gasteiger partial charge >= 0.3 is 5.97 Å². The van der Waals surface area contributed by atoms with E-state index in [0.717, 1.165) is 17.7 Å². The molecule has 0 radical (unpaired) electrons. The quantitative estimate of drug-likeness (QED) is 0.644. The number of anilines is 2. The van der Waals surface area contributed by atoms with Gasteiger partial charge in [0, 0.05) is 24.2 Å². The van der Waals surface area contributed by atoms with Crippen LogP contribution in [0.15, 0.2) is 48.5 Å². The average molecular weight is 386 g/mol. The third-order valence-corrected chi connectivity index (χ3v) is 3.95. The minimum Gasteiger partial charge on any atom is -0.456 e. The van der Waals surface area contributed by atoms with Crippen LogP contribution in [0.25, 0.3) is 0 Å². The molecule has 28 heavy (non-hydrogen) atoms. The SMILES string of the molecule is CCc1ccccc1NC(=O)CCCC(=O)OCC(=O)Nc1ccc(F)cc1. The standard InChI is InChI=1S/C21H23FN2O4/c1-2-15-6-3-4-7-18(15)24-19(25)8-5-9-21(27)28-14-20(26)23-17-12-10-16(22)11-13-17/h3-4,6-7,10-13H,2,5,8-9,14H2,1H3,(H,23,26)(H,24,25). The Morgan fingerprint density at radius 2 is 1.64 bits per heavy atom. The Labute approximate surface area is 163 Å². The Morgan fingerprint density at radius 1 is 0.929 bits per heavy atom. The first-order chi connectivity index (χ1) is 13.5. The maximum Gasteiger partial charge on any atom is 0.306 e. The summed E-state index contributed by atoms with van der Waals surface area (Å²) in [6.45, 7) is 1.57. The fourth-order valence-corrected chi connectivity index (χ4v) is 2.51. The van der Waals surface area contributed by atoms with Crippen LogP contribution in [-0.2, 0) is 25.5 Å². The van der Waals surface area contributed by atoms with Crippen LogP contribution in [-0.4, -0.2) is 24.4 Å². The van der Waals surface area contributed by atoms with Crippen LogP contribution in [0.4, 0.5) is 15.8 Å². The first-order valence-corrected chi connectivity index (χ1v) is 9.06. The van der Waals surface area contributed by atoms with Crippen molar-refractivity contribution < 1.29 is 23.5 Å². The molecule has 6 nitrogen and oxygen atoms in total. The number of carbonyl (C=O) groups excluding carboxylic acids is 3. The largest absolute Gasteiger partial charge is 0.456 e. The highest BCUT2D eigenvalue weighted by Crippen LogP contribution is 2.16. The van der Waals surface area contributed by atoms with Gasteiger partial charge in [-0.2, -0.15) is 0 Å². The summed E-state index contributed by atoms with van der Waals surface area (Å²) < 4.78 is 17.7. The van der Waals surface area contributed by atoms with Crippen LogP contribution < -0.4 is 10.6 Å². The molecule has 0 saturated carbocycles. The number of benzene rings is 2. The molecule has 0 aliphatic heterocycles. The van der Waals surface area contributed by atoms with Gasteiger partial charge in [-0.25, -0.2) is 4.39 Å². The number of nitrogens with one attached hydrogen (secondary N) is 2. The third kappa shape index (κ3) is 7.19. The predicted octanol–water partition coefficient (Wildman–Crippen LogP) is 3.68. The highest BCUT2D eigenvalue weighted by Gasteiger charge is 2.10. The summed E-state index contributed by atoms with van der Waals surface area (Å²) in [6, 6.07) is 12.8. The summed E-state index contributed by atoms with van der Waals surface area (Å²) in [7, 11) is 0. The molecule has 2 amide bonds. The lowest BCUT2D eigenvalue weighted by molar-refractivity contribution is -0.147. The highest BCUT2D eigenvalue weighted by molar-refractivity contribution is 5.93. The van der Waals surface area contributed by atoms with Crippen LogP contribution in [0.2, 0.25) is 0 Å². The minimum atomic E-state index is -0.559. The van der Waals surface area contributed by atoms with Crippen molar-refractivity contribution in [1.29, 1.82) is 0 Å². The Bertz CT molecular complexity index is 821. The van der Waals surface area contributed by atoms with E-state index in [0.29, 0.717) is 12.1 Å². The zero-order chi connectivity index (χ0) is 20.4. The maximum absolute atomic E-state index is 12.8. The van der Waals surface area contributed by atoms with Gasteiger partial charge in [-0.15, -0.1) is 0 Å². The van der Waals surface area contributed by atoms with Crippen molar-refractivity contribution in [2.75, 3.05) is 17.2 Å². The normalized spacial score (nSPS) is 10.2. The molecule has 0 spiro atoms. The summed E-state index contributed by atoms with van der Waals surface area (Å²) in [5.41, 5.74) is 2.23. The molecule has 148 valence electrons. The Hall–Kier alpha value is -3.22. The van der Waals surface area contributed by atoms with Crippen LogP contribution in [0.1, 0.15) is 31.7 Å². The third-order valence-electron chi connectivity index (χ3n) is 3.95. The summed E-state index contributed by atoms with van der Waals surface area (Å²) in [6.07, 6.45) is 1.34. The minimum absolute atomic E-state index is 0.0344. The number of hydrogen-bond acceptors (Lipinski definition) is 4. The molecule has 0 unspecified atom stereocenters. The van der Waals surface area contributed by atoms with E-state index in [4.69, 9.17) is 4.74 Å². The summed E-state index contributed by atoms with van der Waals surface area (Å²) in [5.74, 6) is -1.67. The number of ether oxygens (including phenoxy) is 1. The van der Waals surface area contributed by atoms with E-state index < -0.39 is 24.3 Å². The molecule has 2 aromatic rings. The molecular weight excluding hydrogens is 363 g/mol. The molecule has 0 aromatic heterocycles. The number of carbonyl (C=O) groups is 3. The van der Waals surface area contributed by atoms with Crippen molar-refractivity contribution in [3.63, 3.8) is 0 Å². The van der Waals surface area contributed by atoms with Gasteiger partial charge in [0.2, 0.25) is 5.91 Å². The van der Waals surface area contributed by atoms with E-state index in [9.17, 15) is 18.8 Å². The highest BCUT2D eigenvalue weighted by atomic mass is 19.1. The van der Waals surface area contributed by atoms with Gasteiger partial charge in [0.05, 0.1) is 0 Å². The fraction of sp³-hybridized carbons (Fsp3) is 0.286. The number of halogens is 1. The van der Waals surface area contributed by atoms with Crippen LogP contribution >= 0.6 is 0 Å². The summed E-state index contributed by atoms with van der Waals surface area (Å²) in [5, 5.41) is 5.32. The molecule has 2 N–H and O–H groups in total. The van der Waals surface area contributed by atoms with Crippen molar-refractivity contribution in [2.45, 2.75) is 32.6 Å². The van der Waals surface area contributed by atoms with Gasteiger partial charge in [0.1, 0.15) is 5.82 Å². The number of rotatable bonds is 9. The lowest BCUT2D eigenvalue weighted by Crippen LogP contribution is -2.21. The fourth-order valence-electron chi connectivity index (χ4n) is 2.51. The molecule has 0 aliphatic rings. The number of esters is 1. The average Bonchev–Trinajstić information content (AvgIpc) is 2.68. The second kappa shape index (κ2) is 10.8. The second-order valence-corrected chi connectivity index (χ2v) is 6.13.